The van der Waals surface area contributed by atoms with Gasteiger partial charge in [0.05, 0.1) is 19.2 Å². The van der Waals surface area contributed by atoms with Crippen molar-refractivity contribution in [1.82, 2.24) is 5.32 Å². The molecule has 2 atom stereocenters. The SMILES string of the molecule is CC1(CN=C(N)NC2CCOc3ccccc32)CCCS1. The highest BCUT2D eigenvalue weighted by Crippen LogP contribution is 2.37. The van der Waals surface area contributed by atoms with Crippen LogP contribution in [0.3, 0.4) is 0 Å². The van der Waals surface area contributed by atoms with Crippen molar-refractivity contribution in [2.24, 2.45) is 10.7 Å². The molecule has 0 aliphatic carbocycles. The van der Waals surface area contributed by atoms with Crippen LogP contribution >= 0.6 is 11.8 Å². The number of fused-ring (bicyclic) bond motifs is 1. The zero-order valence-corrected chi connectivity index (χ0v) is 13.3. The van der Waals surface area contributed by atoms with Gasteiger partial charge in [-0.1, -0.05) is 18.2 Å². The fraction of sp³-hybridized carbons (Fsp3) is 0.562. The highest BCUT2D eigenvalue weighted by molar-refractivity contribution is 8.00. The molecule has 3 rings (SSSR count). The van der Waals surface area contributed by atoms with Gasteiger partial charge in [-0.25, -0.2) is 0 Å². The third-order valence-corrected chi connectivity index (χ3v) is 5.69. The van der Waals surface area contributed by atoms with Crippen LogP contribution in [0, 0.1) is 0 Å². The summed E-state index contributed by atoms with van der Waals surface area (Å²) >= 11 is 2.01. The van der Waals surface area contributed by atoms with Gasteiger partial charge in [0.1, 0.15) is 5.75 Å². The van der Waals surface area contributed by atoms with Crippen LogP contribution in [0.25, 0.3) is 0 Å². The second kappa shape index (κ2) is 6.18. The van der Waals surface area contributed by atoms with Crippen molar-refractivity contribution in [3.63, 3.8) is 0 Å². The zero-order chi connectivity index (χ0) is 14.7. The number of nitrogens with two attached hydrogens (primary N) is 1. The molecule has 1 fully saturated rings. The number of hydrogen-bond acceptors (Lipinski definition) is 3. The van der Waals surface area contributed by atoms with Gasteiger partial charge in [-0.15, -0.1) is 0 Å². The van der Waals surface area contributed by atoms with Gasteiger partial charge in [-0.05, 0) is 31.6 Å². The fourth-order valence-electron chi connectivity index (χ4n) is 2.93. The molecule has 0 radical (unpaired) electrons. The molecule has 2 aliphatic heterocycles. The Morgan fingerprint density at radius 2 is 2.38 bits per heavy atom. The van der Waals surface area contributed by atoms with E-state index >= 15 is 0 Å². The van der Waals surface area contributed by atoms with E-state index < -0.39 is 0 Å². The van der Waals surface area contributed by atoms with Gasteiger partial charge in [-0.3, -0.25) is 4.99 Å². The first-order chi connectivity index (χ1) is 10.2. The molecule has 0 bridgehead atoms. The van der Waals surface area contributed by atoms with Gasteiger partial charge in [0.2, 0.25) is 0 Å². The number of para-hydroxylation sites is 1. The van der Waals surface area contributed by atoms with Crippen LogP contribution in [-0.4, -0.2) is 29.6 Å². The molecule has 114 valence electrons. The molecular weight excluding hydrogens is 282 g/mol. The van der Waals surface area contributed by atoms with Gasteiger partial charge in [0.25, 0.3) is 0 Å². The summed E-state index contributed by atoms with van der Waals surface area (Å²) in [5.41, 5.74) is 7.26. The van der Waals surface area contributed by atoms with Crippen molar-refractivity contribution in [2.45, 2.75) is 37.0 Å². The fourth-order valence-corrected chi connectivity index (χ4v) is 4.16. The molecule has 21 heavy (non-hydrogen) atoms. The van der Waals surface area contributed by atoms with Crippen molar-refractivity contribution in [2.75, 3.05) is 18.9 Å². The molecule has 3 N–H and O–H groups in total. The lowest BCUT2D eigenvalue weighted by Crippen LogP contribution is -2.38. The lowest BCUT2D eigenvalue weighted by atomic mass is 10.0. The van der Waals surface area contributed by atoms with Crippen LogP contribution < -0.4 is 15.8 Å². The van der Waals surface area contributed by atoms with E-state index in [9.17, 15) is 0 Å². The number of thioether (sulfide) groups is 1. The minimum atomic E-state index is 0.197. The van der Waals surface area contributed by atoms with Crippen LogP contribution in [0.2, 0.25) is 0 Å². The molecule has 1 aromatic carbocycles. The molecule has 0 saturated carbocycles. The third kappa shape index (κ3) is 3.46. The maximum atomic E-state index is 6.09. The standard InChI is InChI=1S/C16H23N3OS/c1-16(8-4-10-21-16)11-18-15(17)19-13-7-9-20-14-6-3-2-5-12(13)14/h2-3,5-6,13H,4,7-11H2,1H3,(H3,17,18,19). The van der Waals surface area contributed by atoms with Crippen molar-refractivity contribution >= 4 is 17.7 Å². The Bertz CT molecular complexity index is 526. The van der Waals surface area contributed by atoms with Gasteiger partial charge in [0, 0.05) is 16.7 Å². The van der Waals surface area contributed by atoms with E-state index in [1.807, 2.05) is 30.0 Å². The van der Waals surface area contributed by atoms with E-state index in [4.69, 9.17) is 10.5 Å². The minimum absolute atomic E-state index is 0.197. The maximum absolute atomic E-state index is 6.09. The van der Waals surface area contributed by atoms with Gasteiger partial charge < -0.3 is 15.8 Å². The predicted molar refractivity (Wildman–Crippen MR) is 89.0 cm³/mol. The second-order valence-corrected chi connectivity index (χ2v) is 7.66. The normalized spacial score (nSPS) is 28.8. The highest BCUT2D eigenvalue weighted by Gasteiger charge is 2.29. The smallest absolute Gasteiger partial charge is 0.189 e. The Kier molecular flexibility index (Phi) is 4.29. The van der Waals surface area contributed by atoms with Crippen LogP contribution in [-0.2, 0) is 0 Å². The molecule has 2 unspecified atom stereocenters. The van der Waals surface area contributed by atoms with Crippen molar-refractivity contribution < 1.29 is 4.74 Å². The molecule has 1 saturated heterocycles. The Morgan fingerprint density at radius 1 is 1.52 bits per heavy atom. The summed E-state index contributed by atoms with van der Waals surface area (Å²) in [5, 5.41) is 3.35. The third-order valence-electron chi connectivity index (χ3n) is 4.16. The van der Waals surface area contributed by atoms with E-state index in [2.05, 4.69) is 23.3 Å². The highest BCUT2D eigenvalue weighted by atomic mass is 32.2. The number of rotatable bonds is 3. The van der Waals surface area contributed by atoms with Crippen LogP contribution in [0.15, 0.2) is 29.3 Å². The number of benzene rings is 1. The number of guanidine groups is 1. The topological polar surface area (TPSA) is 59.6 Å². The molecular formula is C16H23N3OS. The molecule has 0 spiro atoms. The first kappa shape index (κ1) is 14.6. The number of nitrogens with one attached hydrogen (secondary N) is 1. The molecule has 2 aliphatic rings. The van der Waals surface area contributed by atoms with E-state index in [-0.39, 0.29) is 10.8 Å². The van der Waals surface area contributed by atoms with E-state index in [1.165, 1.54) is 24.2 Å². The lowest BCUT2D eigenvalue weighted by Gasteiger charge is -2.27. The maximum Gasteiger partial charge on any atom is 0.189 e. The number of hydrogen-bond donors (Lipinski definition) is 2. The van der Waals surface area contributed by atoms with E-state index in [0.717, 1.165) is 25.3 Å². The summed E-state index contributed by atoms with van der Waals surface area (Å²) < 4.78 is 5.93. The summed E-state index contributed by atoms with van der Waals surface area (Å²) in [4.78, 5) is 4.57. The van der Waals surface area contributed by atoms with Gasteiger partial charge in [-0.2, -0.15) is 11.8 Å². The van der Waals surface area contributed by atoms with Crippen LogP contribution in [0.5, 0.6) is 5.75 Å². The Morgan fingerprint density at radius 3 is 3.19 bits per heavy atom. The summed E-state index contributed by atoms with van der Waals surface area (Å²) in [6, 6.07) is 8.32. The van der Waals surface area contributed by atoms with Gasteiger partial charge in [0.15, 0.2) is 5.96 Å². The molecule has 5 heteroatoms. The summed E-state index contributed by atoms with van der Waals surface area (Å²) in [6.45, 7) is 3.79. The lowest BCUT2D eigenvalue weighted by molar-refractivity contribution is 0.262. The van der Waals surface area contributed by atoms with Crippen LogP contribution in [0.1, 0.15) is 37.8 Å². The predicted octanol–water partition coefficient (Wildman–Crippen LogP) is 2.70. The second-order valence-electron chi connectivity index (χ2n) is 5.98. The van der Waals surface area contributed by atoms with Crippen molar-refractivity contribution in [3.8, 4) is 5.75 Å². The number of nitrogens with zero attached hydrogens (tertiary/aromatic N) is 1. The largest absolute Gasteiger partial charge is 0.493 e. The molecule has 2 heterocycles. The first-order valence-electron chi connectivity index (χ1n) is 7.58. The van der Waals surface area contributed by atoms with Gasteiger partial charge >= 0.3 is 0 Å². The quantitative estimate of drug-likeness (QED) is 0.666. The first-order valence-corrected chi connectivity index (χ1v) is 8.57. The van der Waals surface area contributed by atoms with Crippen molar-refractivity contribution in [3.05, 3.63) is 29.8 Å². The summed E-state index contributed by atoms with van der Waals surface area (Å²) in [6.07, 6.45) is 3.44. The minimum Gasteiger partial charge on any atom is -0.493 e. The van der Waals surface area contributed by atoms with E-state index in [1.54, 1.807) is 0 Å². The average molecular weight is 305 g/mol. The Labute approximate surface area is 130 Å². The average Bonchev–Trinajstić information content (AvgIpc) is 2.93. The number of ether oxygens (including phenoxy) is 1. The molecule has 0 amide bonds. The molecule has 0 aromatic heterocycles. The number of aliphatic imine (C=N–C) groups is 1. The Hall–Kier alpha value is -1.36. The Balaban J connectivity index is 1.64. The summed E-state index contributed by atoms with van der Waals surface area (Å²) in [7, 11) is 0. The molecule has 1 aromatic rings. The van der Waals surface area contributed by atoms with Crippen molar-refractivity contribution in [1.29, 1.82) is 0 Å². The van der Waals surface area contributed by atoms with Crippen LogP contribution in [0.4, 0.5) is 0 Å². The molecule has 4 nitrogen and oxygen atoms in total. The van der Waals surface area contributed by atoms with E-state index in [0.29, 0.717) is 5.96 Å². The monoisotopic (exact) mass is 305 g/mol. The summed E-state index contributed by atoms with van der Waals surface area (Å²) in [5.74, 6) is 2.74. The zero-order valence-electron chi connectivity index (χ0n) is 12.5.